The van der Waals surface area contributed by atoms with E-state index in [2.05, 4.69) is 58.8 Å². The Bertz CT molecular complexity index is 1630. The third-order valence-corrected chi connectivity index (χ3v) is 17.1. The Morgan fingerprint density at radius 1 is 0.810 bits per heavy atom. The van der Waals surface area contributed by atoms with E-state index in [0.29, 0.717) is 37.1 Å². The Kier molecular flexibility index (Phi) is 12.7. The number of amides is 2. The van der Waals surface area contributed by atoms with Crippen LogP contribution in [0.5, 0.6) is 0 Å². The summed E-state index contributed by atoms with van der Waals surface area (Å²) in [7, 11) is 0. The maximum absolute atomic E-state index is 14.7. The molecule has 5 rings (SSSR count). The fourth-order valence-electron chi connectivity index (χ4n) is 13.9. The maximum atomic E-state index is 14.7. The molecule has 2 amide bonds. The fourth-order valence-corrected chi connectivity index (χ4v) is 13.9. The summed E-state index contributed by atoms with van der Waals surface area (Å²) in [6.45, 7) is 27.5. The summed E-state index contributed by atoms with van der Waals surface area (Å²) in [5.41, 5.74) is -1.58. The van der Waals surface area contributed by atoms with Gasteiger partial charge in [-0.05, 0) is 171 Å². The number of unbranched alkanes of at least 4 members (excludes halogenated alkanes) is 1. The SMILES string of the molecule is C=C(C)[C@@H]1CC[C@]2(C(=O)NC(CCCCNC(=O)OC(C)(C)C)C(=O)O)CC[C@]3(C)[C@H](CC[C@@H]4[C@@]5(C)CC[C@H](OC(=O)CC(C)(C)C(=O)O)C(C)(C)[C@@H]5CC[C@]43C)[C@@H]12. The number of alkyl carbamates (subject to hydrolysis) is 1. The number of esters is 1. The third-order valence-electron chi connectivity index (χ3n) is 17.1. The van der Waals surface area contributed by atoms with Gasteiger partial charge in [-0.1, -0.05) is 46.8 Å². The minimum absolute atomic E-state index is 0.0219. The third kappa shape index (κ3) is 8.19. The molecule has 11 heteroatoms. The van der Waals surface area contributed by atoms with Crippen molar-refractivity contribution >= 4 is 29.9 Å². The molecule has 5 aliphatic carbocycles. The molecule has 5 saturated carbocycles. The molecule has 328 valence electrons. The van der Waals surface area contributed by atoms with Crippen LogP contribution in [0.3, 0.4) is 0 Å². The number of ether oxygens (including phenoxy) is 2. The molecule has 0 aromatic heterocycles. The van der Waals surface area contributed by atoms with Crippen molar-refractivity contribution < 1.29 is 43.7 Å². The number of hydrogen-bond acceptors (Lipinski definition) is 7. The van der Waals surface area contributed by atoms with E-state index in [-0.39, 0.29) is 58.3 Å². The van der Waals surface area contributed by atoms with E-state index < -0.39 is 46.5 Å². The first-order valence-corrected chi connectivity index (χ1v) is 22.3. The molecule has 0 saturated heterocycles. The zero-order chi connectivity index (χ0) is 43.4. The van der Waals surface area contributed by atoms with Crippen molar-refractivity contribution in [3.63, 3.8) is 0 Å². The van der Waals surface area contributed by atoms with Crippen molar-refractivity contribution in [2.45, 2.75) is 184 Å². The second-order valence-electron chi connectivity index (χ2n) is 22.3. The Hall–Kier alpha value is -3.11. The van der Waals surface area contributed by atoms with Gasteiger partial charge in [-0.2, -0.15) is 0 Å². The van der Waals surface area contributed by atoms with E-state index in [0.717, 1.165) is 69.8 Å². The fraction of sp³-hybridized carbons (Fsp3) is 0.851. The normalized spacial score (nSPS) is 37.1. The number of fused-ring (bicyclic) bond motifs is 7. The molecule has 0 bridgehead atoms. The quantitative estimate of drug-likeness (QED) is 0.0805. The molecule has 0 aromatic carbocycles. The summed E-state index contributed by atoms with van der Waals surface area (Å²) in [5.74, 6) is -1.24. The molecule has 0 spiro atoms. The lowest BCUT2D eigenvalue weighted by Crippen LogP contribution is -2.67. The van der Waals surface area contributed by atoms with Gasteiger partial charge in [-0.3, -0.25) is 14.4 Å². The van der Waals surface area contributed by atoms with E-state index in [9.17, 15) is 34.2 Å². The second kappa shape index (κ2) is 16.1. The van der Waals surface area contributed by atoms with E-state index >= 15 is 0 Å². The molecule has 0 radical (unpaired) electrons. The van der Waals surface area contributed by atoms with Crippen LogP contribution < -0.4 is 10.6 Å². The van der Waals surface area contributed by atoms with E-state index in [4.69, 9.17) is 9.47 Å². The molecule has 4 N–H and O–H groups in total. The van der Waals surface area contributed by atoms with Gasteiger partial charge in [0.15, 0.2) is 0 Å². The number of carbonyl (C=O) groups excluding carboxylic acids is 3. The number of carboxylic acids is 2. The van der Waals surface area contributed by atoms with Crippen LogP contribution in [-0.2, 0) is 28.7 Å². The number of nitrogens with one attached hydrogen (secondary N) is 2. The molecular weight excluding hydrogens is 737 g/mol. The van der Waals surface area contributed by atoms with Crippen molar-refractivity contribution in [2.24, 2.45) is 62.1 Å². The van der Waals surface area contributed by atoms with Gasteiger partial charge in [0.1, 0.15) is 17.7 Å². The van der Waals surface area contributed by atoms with Crippen LogP contribution in [0.15, 0.2) is 12.2 Å². The zero-order valence-electron chi connectivity index (χ0n) is 37.6. The van der Waals surface area contributed by atoms with E-state index in [1.807, 2.05) is 0 Å². The van der Waals surface area contributed by atoms with Gasteiger partial charge in [-0.15, -0.1) is 0 Å². The highest BCUT2D eigenvalue weighted by molar-refractivity contribution is 5.88. The number of carbonyl (C=O) groups is 5. The molecule has 11 atom stereocenters. The summed E-state index contributed by atoms with van der Waals surface area (Å²) >= 11 is 0. The standard InChI is InChI=1S/C47H76N2O9/c1-28(2)29-18-23-47(38(53)49-31(37(51)52)15-13-14-26-48-40(56)58-41(3,4)5)25-24-45(11)30(36(29)47)16-17-33-44(10)21-20-34(57-35(50)27-42(6,7)39(54)55)43(8,9)32(44)19-22-46(33,45)12/h29-34,36H,1,13-27H2,2-12H3,(H,48,56)(H,49,53)(H,51,52)(H,54,55)/t29-,30+,31?,32-,33+,34-,36+,44-,45+,46+,47-/m0/s1. The van der Waals surface area contributed by atoms with Gasteiger partial charge in [-0.25, -0.2) is 9.59 Å². The molecule has 0 aromatic rings. The topological polar surface area (TPSA) is 168 Å². The number of carboxylic acid groups (broad SMARTS) is 2. The number of aliphatic carboxylic acids is 2. The predicted octanol–water partition coefficient (Wildman–Crippen LogP) is 9.32. The van der Waals surface area contributed by atoms with Crippen LogP contribution in [0.4, 0.5) is 4.79 Å². The first-order valence-electron chi connectivity index (χ1n) is 22.3. The summed E-state index contributed by atoms with van der Waals surface area (Å²) in [4.78, 5) is 64.2. The van der Waals surface area contributed by atoms with Crippen LogP contribution in [0.2, 0.25) is 0 Å². The largest absolute Gasteiger partial charge is 0.481 e. The van der Waals surface area contributed by atoms with Gasteiger partial charge in [0.05, 0.1) is 17.3 Å². The first kappa shape index (κ1) is 46.0. The maximum Gasteiger partial charge on any atom is 0.407 e. The first-order chi connectivity index (χ1) is 26.7. The Balaban J connectivity index is 1.32. The lowest BCUT2D eigenvalue weighted by atomic mass is 9.32. The van der Waals surface area contributed by atoms with Crippen molar-refractivity contribution in [1.82, 2.24) is 10.6 Å². The number of rotatable bonds is 13. The van der Waals surface area contributed by atoms with Crippen LogP contribution >= 0.6 is 0 Å². The molecule has 11 nitrogen and oxygen atoms in total. The van der Waals surface area contributed by atoms with E-state index in [1.54, 1.807) is 34.6 Å². The Morgan fingerprint density at radius 2 is 1.48 bits per heavy atom. The van der Waals surface area contributed by atoms with Gasteiger partial charge in [0, 0.05) is 12.0 Å². The van der Waals surface area contributed by atoms with Crippen molar-refractivity contribution in [3.05, 3.63) is 12.2 Å². The average molecular weight is 813 g/mol. The van der Waals surface area contributed by atoms with Crippen LogP contribution in [0.25, 0.3) is 0 Å². The smallest absolute Gasteiger partial charge is 0.407 e. The lowest BCUT2D eigenvalue weighted by Gasteiger charge is -2.72. The monoisotopic (exact) mass is 813 g/mol. The Morgan fingerprint density at radius 3 is 2.09 bits per heavy atom. The van der Waals surface area contributed by atoms with Crippen LogP contribution in [-0.4, -0.2) is 64.4 Å². The minimum Gasteiger partial charge on any atom is -0.481 e. The molecule has 58 heavy (non-hydrogen) atoms. The molecule has 0 aliphatic heterocycles. The summed E-state index contributed by atoms with van der Waals surface area (Å²) in [5, 5.41) is 25.7. The van der Waals surface area contributed by atoms with Gasteiger partial charge < -0.3 is 30.3 Å². The second-order valence-corrected chi connectivity index (χ2v) is 22.3. The van der Waals surface area contributed by atoms with Crippen LogP contribution in [0, 0.1) is 62.1 Å². The molecule has 0 heterocycles. The average Bonchev–Trinajstić information content (AvgIpc) is 3.49. The van der Waals surface area contributed by atoms with Crippen molar-refractivity contribution in [2.75, 3.05) is 6.54 Å². The van der Waals surface area contributed by atoms with Crippen molar-refractivity contribution in [1.29, 1.82) is 0 Å². The highest BCUT2D eigenvalue weighted by atomic mass is 16.6. The highest BCUT2D eigenvalue weighted by Gasteiger charge is 2.72. The Labute approximate surface area is 348 Å². The minimum atomic E-state index is -1.19. The zero-order valence-corrected chi connectivity index (χ0v) is 37.6. The highest BCUT2D eigenvalue weighted by Crippen LogP contribution is 2.77. The molecular formula is C47H76N2O9. The van der Waals surface area contributed by atoms with E-state index in [1.165, 1.54) is 0 Å². The lowest BCUT2D eigenvalue weighted by molar-refractivity contribution is -0.249. The number of allylic oxidation sites excluding steroid dienone is 1. The molecule has 5 fully saturated rings. The molecule has 1 unspecified atom stereocenters. The number of hydrogen-bond donors (Lipinski definition) is 4. The summed E-state index contributed by atoms with van der Waals surface area (Å²) < 4.78 is 11.5. The molecule has 5 aliphatic rings. The predicted molar refractivity (Wildman–Crippen MR) is 223 cm³/mol. The van der Waals surface area contributed by atoms with Gasteiger partial charge in [0.2, 0.25) is 5.91 Å². The van der Waals surface area contributed by atoms with Gasteiger partial charge >= 0.3 is 24.0 Å². The van der Waals surface area contributed by atoms with Crippen molar-refractivity contribution in [3.8, 4) is 0 Å². The summed E-state index contributed by atoms with van der Waals surface area (Å²) in [6.07, 6.45) is 9.53. The summed E-state index contributed by atoms with van der Waals surface area (Å²) in [6, 6.07) is -1.01. The van der Waals surface area contributed by atoms with Crippen LogP contribution in [0.1, 0.15) is 166 Å². The van der Waals surface area contributed by atoms with Gasteiger partial charge in [0.25, 0.3) is 0 Å².